The van der Waals surface area contributed by atoms with Crippen molar-refractivity contribution >= 4 is 21.7 Å². The van der Waals surface area contributed by atoms with Crippen LogP contribution in [0.15, 0.2) is 54.6 Å². The molecule has 0 saturated heterocycles. The van der Waals surface area contributed by atoms with Gasteiger partial charge >= 0.3 is 0 Å². The van der Waals surface area contributed by atoms with E-state index in [-0.39, 0.29) is 11.9 Å². The second kappa shape index (κ2) is 7.38. The van der Waals surface area contributed by atoms with Gasteiger partial charge in [-0.2, -0.15) is 0 Å². The Bertz CT molecular complexity index is 581. The Kier molecular flexibility index (Phi) is 5.53. The van der Waals surface area contributed by atoms with E-state index in [1.165, 1.54) is 0 Å². The van der Waals surface area contributed by atoms with Crippen LogP contribution in [0.1, 0.15) is 22.0 Å². The van der Waals surface area contributed by atoms with Crippen molar-refractivity contribution in [3.8, 4) is 5.75 Å². The SMILES string of the molecule is COc1ccc([C@@H](OC)[C@@H](Br)C(=O)c2ccccc2)cc1. The molecular weight excluding hydrogens is 332 g/mol. The Balaban J connectivity index is 2.21. The molecule has 3 nitrogen and oxygen atoms in total. The molecule has 0 fully saturated rings. The van der Waals surface area contributed by atoms with Crippen molar-refractivity contribution in [2.45, 2.75) is 10.9 Å². The molecule has 4 heteroatoms. The molecule has 2 aromatic rings. The molecule has 0 spiro atoms. The fraction of sp³-hybridized carbons (Fsp3) is 0.235. The third-order valence-corrected chi connectivity index (χ3v) is 4.17. The lowest BCUT2D eigenvalue weighted by Crippen LogP contribution is -2.24. The van der Waals surface area contributed by atoms with Gasteiger partial charge in [-0.3, -0.25) is 4.79 Å². The van der Waals surface area contributed by atoms with Crippen molar-refractivity contribution in [3.05, 3.63) is 65.7 Å². The first kappa shape index (κ1) is 15.7. The van der Waals surface area contributed by atoms with Gasteiger partial charge in [0.15, 0.2) is 5.78 Å². The summed E-state index contributed by atoms with van der Waals surface area (Å²) in [6.45, 7) is 0. The number of carbonyl (C=O) groups excluding carboxylic acids is 1. The van der Waals surface area contributed by atoms with Gasteiger partial charge in [0.25, 0.3) is 0 Å². The third kappa shape index (κ3) is 3.71. The highest BCUT2D eigenvalue weighted by molar-refractivity contribution is 9.10. The normalized spacial score (nSPS) is 13.5. The number of hydrogen-bond acceptors (Lipinski definition) is 3. The maximum absolute atomic E-state index is 12.5. The van der Waals surface area contributed by atoms with Crippen molar-refractivity contribution in [1.82, 2.24) is 0 Å². The maximum atomic E-state index is 12.5. The molecule has 2 rings (SSSR count). The second-order valence-electron chi connectivity index (χ2n) is 4.56. The molecule has 21 heavy (non-hydrogen) atoms. The largest absolute Gasteiger partial charge is 0.497 e. The van der Waals surface area contributed by atoms with Gasteiger partial charge in [0.05, 0.1) is 7.11 Å². The summed E-state index contributed by atoms with van der Waals surface area (Å²) in [4.78, 5) is 12.0. The van der Waals surface area contributed by atoms with Crippen molar-refractivity contribution in [2.24, 2.45) is 0 Å². The number of halogens is 1. The molecular formula is C17H17BrO3. The summed E-state index contributed by atoms with van der Waals surface area (Å²) in [6.07, 6.45) is -0.358. The minimum Gasteiger partial charge on any atom is -0.497 e. The van der Waals surface area contributed by atoms with Crippen molar-refractivity contribution in [2.75, 3.05) is 14.2 Å². The van der Waals surface area contributed by atoms with Crippen LogP contribution in [-0.4, -0.2) is 24.8 Å². The van der Waals surface area contributed by atoms with Crippen LogP contribution in [-0.2, 0) is 4.74 Å². The number of ketones is 1. The van der Waals surface area contributed by atoms with Crippen LogP contribution in [0, 0.1) is 0 Å². The minimum atomic E-state index is -0.446. The minimum absolute atomic E-state index is 0.00160. The van der Waals surface area contributed by atoms with Gasteiger partial charge in [0, 0.05) is 12.7 Å². The Labute approximate surface area is 133 Å². The van der Waals surface area contributed by atoms with E-state index in [2.05, 4.69) is 15.9 Å². The number of ether oxygens (including phenoxy) is 2. The Morgan fingerprint density at radius 1 is 1.00 bits per heavy atom. The van der Waals surface area contributed by atoms with E-state index in [4.69, 9.17) is 9.47 Å². The first-order valence-corrected chi connectivity index (χ1v) is 7.49. The van der Waals surface area contributed by atoms with Crippen LogP contribution < -0.4 is 4.74 Å². The average Bonchev–Trinajstić information content (AvgIpc) is 2.56. The highest BCUT2D eigenvalue weighted by atomic mass is 79.9. The van der Waals surface area contributed by atoms with Gasteiger partial charge < -0.3 is 9.47 Å². The summed E-state index contributed by atoms with van der Waals surface area (Å²) in [6, 6.07) is 16.7. The Morgan fingerprint density at radius 2 is 1.62 bits per heavy atom. The number of alkyl halides is 1. The number of methoxy groups -OCH3 is 2. The van der Waals surface area contributed by atoms with Crippen molar-refractivity contribution in [3.63, 3.8) is 0 Å². The van der Waals surface area contributed by atoms with E-state index in [1.807, 2.05) is 42.5 Å². The molecule has 0 radical (unpaired) electrons. The molecule has 2 aromatic carbocycles. The quantitative estimate of drug-likeness (QED) is 0.584. The highest BCUT2D eigenvalue weighted by Gasteiger charge is 2.28. The molecule has 0 bridgehead atoms. The van der Waals surface area contributed by atoms with E-state index in [0.717, 1.165) is 11.3 Å². The molecule has 110 valence electrons. The topological polar surface area (TPSA) is 35.5 Å². The zero-order valence-corrected chi connectivity index (χ0v) is 13.5. The van der Waals surface area contributed by atoms with Gasteiger partial charge in [-0.15, -0.1) is 0 Å². The standard InChI is InChI=1S/C17H17BrO3/c1-20-14-10-8-13(9-11-14)17(21-2)15(18)16(19)12-6-4-3-5-7-12/h3-11,15,17H,1-2H3/t15-,17+/m0/s1. The van der Waals surface area contributed by atoms with Gasteiger partial charge in [-0.05, 0) is 17.7 Å². The van der Waals surface area contributed by atoms with Gasteiger partial charge in [-0.25, -0.2) is 0 Å². The van der Waals surface area contributed by atoms with Crippen LogP contribution >= 0.6 is 15.9 Å². The molecule has 0 aliphatic heterocycles. The molecule has 0 heterocycles. The predicted molar refractivity (Wildman–Crippen MR) is 86.2 cm³/mol. The van der Waals surface area contributed by atoms with Crippen LogP contribution in [0.5, 0.6) is 5.75 Å². The van der Waals surface area contributed by atoms with Gasteiger partial charge in [0.1, 0.15) is 16.7 Å². The monoisotopic (exact) mass is 348 g/mol. The summed E-state index contributed by atoms with van der Waals surface area (Å²) in [7, 11) is 3.22. The third-order valence-electron chi connectivity index (χ3n) is 3.27. The van der Waals surface area contributed by atoms with Crippen LogP contribution in [0.4, 0.5) is 0 Å². The molecule has 0 aromatic heterocycles. The molecule has 0 amide bonds. The Hall–Kier alpha value is -1.65. The summed E-state index contributed by atoms with van der Waals surface area (Å²) in [5, 5.41) is 0. The zero-order chi connectivity index (χ0) is 15.2. The summed E-state index contributed by atoms with van der Waals surface area (Å²) >= 11 is 3.47. The molecule has 0 aliphatic rings. The second-order valence-corrected chi connectivity index (χ2v) is 5.55. The van der Waals surface area contributed by atoms with Crippen LogP contribution in [0.25, 0.3) is 0 Å². The van der Waals surface area contributed by atoms with Gasteiger partial charge in [0.2, 0.25) is 0 Å². The molecule has 0 aliphatic carbocycles. The summed E-state index contributed by atoms with van der Waals surface area (Å²) in [5.74, 6) is 0.771. The zero-order valence-electron chi connectivity index (χ0n) is 12.0. The van der Waals surface area contributed by atoms with Crippen LogP contribution in [0.2, 0.25) is 0 Å². The van der Waals surface area contributed by atoms with E-state index >= 15 is 0 Å². The Morgan fingerprint density at radius 3 is 2.14 bits per heavy atom. The number of carbonyl (C=O) groups is 1. The van der Waals surface area contributed by atoms with Gasteiger partial charge in [-0.1, -0.05) is 58.4 Å². The van der Waals surface area contributed by atoms with E-state index in [0.29, 0.717) is 5.56 Å². The summed E-state index contributed by atoms with van der Waals surface area (Å²) < 4.78 is 10.6. The first-order chi connectivity index (χ1) is 10.2. The van der Waals surface area contributed by atoms with E-state index in [9.17, 15) is 4.79 Å². The fourth-order valence-corrected chi connectivity index (χ4v) is 2.90. The van der Waals surface area contributed by atoms with Crippen molar-refractivity contribution in [1.29, 1.82) is 0 Å². The average molecular weight is 349 g/mol. The van der Waals surface area contributed by atoms with E-state index in [1.54, 1.807) is 26.4 Å². The predicted octanol–water partition coefficient (Wildman–Crippen LogP) is 4.03. The molecule has 2 atom stereocenters. The summed E-state index contributed by atoms with van der Waals surface area (Å²) in [5.41, 5.74) is 1.58. The van der Waals surface area contributed by atoms with Crippen molar-refractivity contribution < 1.29 is 14.3 Å². The maximum Gasteiger partial charge on any atom is 0.179 e. The number of Topliss-reactive ketones (excluding diaryl/α,β-unsaturated/α-hetero) is 1. The molecule has 0 unspecified atom stereocenters. The highest BCUT2D eigenvalue weighted by Crippen LogP contribution is 2.29. The lowest BCUT2D eigenvalue weighted by Gasteiger charge is -2.21. The molecule has 0 N–H and O–H groups in total. The lowest BCUT2D eigenvalue weighted by atomic mass is 10.00. The lowest BCUT2D eigenvalue weighted by molar-refractivity contribution is 0.0770. The first-order valence-electron chi connectivity index (χ1n) is 6.57. The number of benzene rings is 2. The smallest absolute Gasteiger partial charge is 0.179 e. The molecule has 0 saturated carbocycles. The number of rotatable bonds is 6. The number of hydrogen-bond donors (Lipinski definition) is 0. The fourth-order valence-electron chi connectivity index (χ4n) is 2.12. The van der Waals surface area contributed by atoms with Crippen LogP contribution in [0.3, 0.4) is 0 Å². The van der Waals surface area contributed by atoms with E-state index < -0.39 is 4.83 Å².